The maximum absolute atomic E-state index is 9.51. The van der Waals surface area contributed by atoms with Crippen molar-refractivity contribution in [2.45, 2.75) is 51.4 Å². The van der Waals surface area contributed by atoms with E-state index in [9.17, 15) is 5.11 Å². The van der Waals surface area contributed by atoms with Crippen molar-refractivity contribution in [2.75, 3.05) is 6.61 Å². The molecule has 1 rings (SSSR count). The van der Waals surface area contributed by atoms with Gasteiger partial charge >= 0.3 is 0 Å². The number of rotatable bonds is 5. The normalized spacial score (nSPS) is 26.9. The van der Waals surface area contributed by atoms with Crippen LogP contribution in [0.2, 0.25) is 25.7 Å². The Balaban J connectivity index is 2.71. The Kier molecular flexibility index (Phi) is 5.67. The van der Waals surface area contributed by atoms with Crippen molar-refractivity contribution in [2.24, 2.45) is 11.8 Å². The van der Waals surface area contributed by atoms with E-state index >= 15 is 0 Å². The summed E-state index contributed by atoms with van der Waals surface area (Å²) in [5, 5.41) is 9.51. The smallest absolute Gasteiger partial charge is 0.0639 e. The monoisotopic (exact) mass is 252 g/mol. The van der Waals surface area contributed by atoms with Crippen molar-refractivity contribution < 1.29 is 5.11 Å². The van der Waals surface area contributed by atoms with E-state index in [4.69, 9.17) is 0 Å². The third-order valence-corrected chi connectivity index (χ3v) is 5.10. The quantitative estimate of drug-likeness (QED) is 0.573. The van der Waals surface area contributed by atoms with Crippen LogP contribution in [0, 0.1) is 11.8 Å². The molecule has 1 aliphatic rings. The van der Waals surface area contributed by atoms with Gasteiger partial charge in [-0.3, -0.25) is 0 Å². The molecule has 2 heteroatoms. The van der Waals surface area contributed by atoms with E-state index in [1.54, 1.807) is 0 Å². The molecule has 0 aromatic carbocycles. The highest BCUT2D eigenvalue weighted by atomic mass is 28.3. The minimum Gasteiger partial charge on any atom is -0.392 e. The van der Waals surface area contributed by atoms with Crippen molar-refractivity contribution in [3.8, 4) is 0 Å². The largest absolute Gasteiger partial charge is 0.392 e. The number of allylic oxidation sites excluding steroid dienone is 2. The maximum atomic E-state index is 9.51. The Morgan fingerprint density at radius 3 is 2.29 bits per heavy atom. The second kappa shape index (κ2) is 6.55. The van der Waals surface area contributed by atoms with Crippen molar-refractivity contribution in [3.63, 3.8) is 0 Å². The first kappa shape index (κ1) is 14.7. The molecule has 1 saturated carbocycles. The third-order valence-electron chi connectivity index (χ3n) is 3.59. The molecule has 2 unspecified atom stereocenters. The Morgan fingerprint density at radius 1 is 1.24 bits per heavy atom. The molecule has 0 spiro atoms. The molecule has 1 aliphatic carbocycles. The van der Waals surface area contributed by atoms with Crippen LogP contribution in [0.15, 0.2) is 24.3 Å². The van der Waals surface area contributed by atoms with E-state index in [1.807, 2.05) is 0 Å². The average Bonchev–Trinajstić information content (AvgIpc) is 2.27. The van der Waals surface area contributed by atoms with Crippen molar-refractivity contribution in [3.05, 3.63) is 24.3 Å². The Hall–Kier alpha value is -0.343. The molecule has 0 radical (unpaired) electrons. The Bertz CT molecular complexity index is 275. The van der Waals surface area contributed by atoms with Crippen LogP contribution in [-0.4, -0.2) is 19.8 Å². The van der Waals surface area contributed by atoms with Crippen LogP contribution in [0.5, 0.6) is 0 Å². The second-order valence-corrected chi connectivity index (χ2v) is 12.0. The molecule has 0 aromatic rings. The summed E-state index contributed by atoms with van der Waals surface area (Å²) < 4.78 is 0. The standard InChI is InChI=1S/C15H28OSi/c1-5-14-8-6-7-9-15(14)10-13(11-16)12-17(2,3)4/h5,10,14-16H,1,6-9,11-12H2,2-4H3/b13-10-. The molecule has 0 aromatic heterocycles. The van der Waals surface area contributed by atoms with Crippen LogP contribution in [0.3, 0.4) is 0 Å². The predicted molar refractivity (Wildman–Crippen MR) is 79.0 cm³/mol. The first-order valence-corrected chi connectivity index (χ1v) is 10.6. The summed E-state index contributed by atoms with van der Waals surface area (Å²) in [6.45, 7) is 11.3. The lowest BCUT2D eigenvalue weighted by Gasteiger charge is -2.28. The number of hydrogen-bond acceptors (Lipinski definition) is 1. The fourth-order valence-electron chi connectivity index (χ4n) is 2.84. The number of aliphatic hydroxyl groups is 1. The minimum atomic E-state index is -1.11. The molecule has 1 nitrogen and oxygen atoms in total. The second-order valence-electron chi connectivity index (χ2n) is 6.57. The van der Waals surface area contributed by atoms with Gasteiger partial charge in [0.25, 0.3) is 0 Å². The van der Waals surface area contributed by atoms with Gasteiger partial charge in [-0.2, -0.15) is 0 Å². The van der Waals surface area contributed by atoms with Gasteiger partial charge in [-0.15, -0.1) is 6.58 Å². The lowest BCUT2D eigenvalue weighted by molar-refractivity contribution is 0.316. The molecule has 0 aliphatic heterocycles. The van der Waals surface area contributed by atoms with Gasteiger partial charge in [-0.05, 0) is 30.7 Å². The maximum Gasteiger partial charge on any atom is 0.0639 e. The topological polar surface area (TPSA) is 20.2 Å². The van der Waals surface area contributed by atoms with Gasteiger partial charge in [0.2, 0.25) is 0 Å². The highest BCUT2D eigenvalue weighted by Gasteiger charge is 2.22. The summed E-state index contributed by atoms with van der Waals surface area (Å²) in [7, 11) is -1.11. The molecule has 17 heavy (non-hydrogen) atoms. The van der Waals surface area contributed by atoms with E-state index in [-0.39, 0.29) is 6.61 Å². The van der Waals surface area contributed by atoms with Gasteiger partial charge in [0.05, 0.1) is 6.61 Å². The van der Waals surface area contributed by atoms with Crippen LogP contribution in [0.1, 0.15) is 25.7 Å². The van der Waals surface area contributed by atoms with Gasteiger partial charge in [0, 0.05) is 8.07 Å². The molecule has 1 N–H and O–H groups in total. The van der Waals surface area contributed by atoms with Crippen LogP contribution in [0.25, 0.3) is 0 Å². The van der Waals surface area contributed by atoms with Crippen LogP contribution in [0.4, 0.5) is 0 Å². The van der Waals surface area contributed by atoms with E-state index in [0.717, 1.165) is 6.04 Å². The van der Waals surface area contributed by atoms with E-state index in [1.165, 1.54) is 31.3 Å². The summed E-state index contributed by atoms with van der Waals surface area (Å²) in [5.41, 5.74) is 1.27. The predicted octanol–water partition coefficient (Wildman–Crippen LogP) is 4.24. The molecular formula is C15H28OSi. The highest BCUT2D eigenvalue weighted by molar-refractivity contribution is 6.76. The molecule has 0 saturated heterocycles. The molecule has 2 atom stereocenters. The summed E-state index contributed by atoms with van der Waals surface area (Å²) in [4.78, 5) is 0. The fraction of sp³-hybridized carbons (Fsp3) is 0.733. The zero-order chi connectivity index (χ0) is 12.9. The van der Waals surface area contributed by atoms with E-state index in [0.29, 0.717) is 11.8 Å². The summed E-state index contributed by atoms with van der Waals surface area (Å²) in [5.74, 6) is 1.26. The van der Waals surface area contributed by atoms with Gasteiger partial charge in [0.1, 0.15) is 0 Å². The van der Waals surface area contributed by atoms with Gasteiger partial charge in [-0.1, -0.05) is 50.2 Å². The molecule has 0 amide bonds. The van der Waals surface area contributed by atoms with Crippen LogP contribution < -0.4 is 0 Å². The molecule has 0 bridgehead atoms. The lowest BCUT2D eigenvalue weighted by Crippen LogP contribution is -2.22. The van der Waals surface area contributed by atoms with E-state index in [2.05, 4.69) is 38.4 Å². The van der Waals surface area contributed by atoms with E-state index < -0.39 is 8.07 Å². The number of hydrogen-bond donors (Lipinski definition) is 1. The van der Waals surface area contributed by atoms with Crippen molar-refractivity contribution in [1.82, 2.24) is 0 Å². The number of aliphatic hydroxyl groups excluding tert-OH is 1. The van der Waals surface area contributed by atoms with Gasteiger partial charge in [-0.25, -0.2) is 0 Å². The summed E-state index contributed by atoms with van der Waals surface area (Å²) >= 11 is 0. The lowest BCUT2D eigenvalue weighted by atomic mass is 9.78. The van der Waals surface area contributed by atoms with Crippen LogP contribution >= 0.6 is 0 Å². The fourth-order valence-corrected chi connectivity index (χ4v) is 4.43. The zero-order valence-corrected chi connectivity index (χ0v) is 12.7. The summed E-state index contributed by atoms with van der Waals surface area (Å²) in [6, 6.07) is 1.13. The average molecular weight is 252 g/mol. The zero-order valence-electron chi connectivity index (χ0n) is 11.7. The van der Waals surface area contributed by atoms with Gasteiger partial charge in [0.15, 0.2) is 0 Å². The van der Waals surface area contributed by atoms with Crippen LogP contribution in [-0.2, 0) is 0 Å². The third kappa shape index (κ3) is 5.22. The Labute approximate surface area is 108 Å². The molecule has 98 valence electrons. The Morgan fingerprint density at radius 2 is 1.82 bits per heavy atom. The first-order valence-electron chi connectivity index (χ1n) is 6.89. The van der Waals surface area contributed by atoms with Crippen molar-refractivity contribution in [1.29, 1.82) is 0 Å². The van der Waals surface area contributed by atoms with Gasteiger partial charge < -0.3 is 5.11 Å². The summed E-state index contributed by atoms with van der Waals surface area (Å²) in [6.07, 6.45) is 9.69. The molecule has 0 heterocycles. The minimum absolute atomic E-state index is 0.241. The molecular weight excluding hydrogens is 224 g/mol. The molecule has 1 fully saturated rings. The van der Waals surface area contributed by atoms with Crippen molar-refractivity contribution >= 4 is 8.07 Å². The first-order chi connectivity index (χ1) is 7.96. The highest BCUT2D eigenvalue weighted by Crippen LogP contribution is 2.33. The SMILES string of the molecule is C=CC1CCCCC1/C=C(/CO)C[Si](C)(C)C.